The molecule has 0 aromatic heterocycles. The highest BCUT2D eigenvalue weighted by molar-refractivity contribution is 6.30. The van der Waals surface area contributed by atoms with E-state index in [1.165, 1.54) is 0 Å². The number of hydrogen-bond donors (Lipinski definition) is 1. The van der Waals surface area contributed by atoms with Crippen LogP contribution in [0.3, 0.4) is 0 Å². The van der Waals surface area contributed by atoms with Crippen molar-refractivity contribution in [3.8, 4) is 0 Å². The van der Waals surface area contributed by atoms with Crippen LogP contribution in [0.4, 0.5) is 5.69 Å². The van der Waals surface area contributed by atoms with E-state index in [1.54, 1.807) is 0 Å². The van der Waals surface area contributed by atoms with Crippen molar-refractivity contribution < 1.29 is 9.90 Å². The third-order valence-corrected chi connectivity index (χ3v) is 4.55. The highest BCUT2D eigenvalue weighted by atomic mass is 35.5. The third kappa shape index (κ3) is 2.55. The molecule has 2 aliphatic heterocycles. The first-order valence-corrected chi connectivity index (χ1v) is 7.48. The van der Waals surface area contributed by atoms with Gasteiger partial charge in [-0.3, -0.25) is 9.69 Å². The number of amides is 1. The summed E-state index contributed by atoms with van der Waals surface area (Å²) in [5, 5.41) is 9.87. The van der Waals surface area contributed by atoms with Crippen LogP contribution in [0.5, 0.6) is 0 Å². The Labute approximate surface area is 123 Å². The van der Waals surface area contributed by atoms with Crippen LogP contribution in [0.25, 0.3) is 0 Å². The summed E-state index contributed by atoms with van der Waals surface area (Å²) in [6.07, 6.45) is 1.83. The fraction of sp³-hybridized carbons (Fsp3) is 0.533. The van der Waals surface area contributed by atoms with E-state index in [4.69, 9.17) is 11.6 Å². The summed E-state index contributed by atoms with van der Waals surface area (Å²) in [6, 6.07) is 7.41. The SMILES string of the molecule is O=C1C(N2CCC(CO)C2)CCN1c1cccc(Cl)c1. The van der Waals surface area contributed by atoms with Crippen LogP contribution in [-0.2, 0) is 4.79 Å². The molecule has 20 heavy (non-hydrogen) atoms. The lowest BCUT2D eigenvalue weighted by Crippen LogP contribution is -2.40. The topological polar surface area (TPSA) is 43.8 Å². The Bertz CT molecular complexity index is 508. The first-order chi connectivity index (χ1) is 9.69. The molecule has 2 saturated heterocycles. The second kappa shape index (κ2) is 5.72. The number of carbonyl (C=O) groups excluding carboxylic acids is 1. The maximum absolute atomic E-state index is 12.6. The van der Waals surface area contributed by atoms with E-state index in [1.807, 2.05) is 29.2 Å². The van der Waals surface area contributed by atoms with Gasteiger partial charge in [0, 0.05) is 30.4 Å². The van der Waals surface area contributed by atoms with Crippen LogP contribution in [0.2, 0.25) is 5.02 Å². The maximum Gasteiger partial charge on any atom is 0.244 e. The van der Waals surface area contributed by atoms with Crippen LogP contribution >= 0.6 is 11.6 Å². The second-order valence-corrected chi connectivity index (χ2v) is 6.04. The van der Waals surface area contributed by atoms with Crippen molar-refractivity contribution in [2.24, 2.45) is 5.92 Å². The quantitative estimate of drug-likeness (QED) is 0.924. The average Bonchev–Trinajstić information content (AvgIpc) is 3.04. The molecule has 0 radical (unpaired) electrons. The number of nitrogens with zero attached hydrogens (tertiary/aromatic N) is 2. The van der Waals surface area contributed by atoms with Crippen molar-refractivity contribution in [2.75, 3.05) is 31.1 Å². The van der Waals surface area contributed by atoms with Crippen molar-refractivity contribution in [1.29, 1.82) is 0 Å². The Morgan fingerprint density at radius 2 is 2.15 bits per heavy atom. The number of benzene rings is 1. The molecule has 0 saturated carbocycles. The van der Waals surface area contributed by atoms with Crippen molar-refractivity contribution in [1.82, 2.24) is 4.90 Å². The Morgan fingerprint density at radius 1 is 1.30 bits per heavy atom. The standard InChI is InChI=1S/C15H19ClN2O2/c16-12-2-1-3-13(8-12)18-7-5-14(15(18)20)17-6-4-11(9-17)10-19/h1-3,8,11,14,19H,4-7,9-10H2. The fourth-order valence-electron chi connectivity index (χ4n) is 3.20. The van der Waals surface area contributed by atoms with Gasteiger partial charge in [0.25, 0.3) is 0 Å². The molecule has 1 amide bonds. The zero-order valence-electron chi connectivity index (χ0n) is 11.3. The molecule has 1 aromatic carbocycles. The van der Waals surface area contributed by atoms with Crippen molar-refractivity contribution in [3.05, 3.63) is 29.3 Å². The minimum Gasteiger partial charge on any atom is -0.396 e. The lowest BCUT2D eigenvalue weighted by atomic mass is 10.1. The van der Waals surface area contributed by atoms with Gasteiger partial charge in [-0.15, -0.1) is 0 Å². The molecule has 0 spiro atoms. The normalized spacial score (nSPS) is 27.5. The van der Waals surface area contributed by atoms with E-state index < -0.39 is 0 Å². The summed E-state index contributed by atoms with van der Waals surface area (Å²) in [6.45, 7) is 2.70. The van der Waals surface area contributed by atoms with Gasteiger partial charge in [0.2, 0.25) is 5.91 Å². The predicted molar refractivity (Wildman–Crippen MR) is 79.0 cm³/mol. The molecule has 2 fully saturated rings. The summed E-state index contributed by atoms with van der Waals surface area (Å²) in [5.74, 6) is 0.480. The molecule has 2 unspecified atom stereocenters. The molecule has 2 heterocycles. The summed E-state index contributed by atoms with van der Waals surface area (Å²) in [5.41, 5.74) is 0.878. The Balaban J connectivity index is 1.71. The van der Waals surface area contributed by atoms with Crippen LogP contribution in [0.1, 0.15) is 12.8 Å². The van der Waals surface area contributed by atoms with E-state index in [-0.39, 0.29) is 18.6 Å². The molecule has 0 aliphatic carbocycles. The number of halogens is 1. The van der Waals surface area contributed by atoms with Crippen molar-refractivity contribution >= 4 is 23.2 Å². The predicted octanol–water partition coefficient (Wildman–Crippen LogP) is 1.76. The van der Waals surface area contributed by atoms with Gasteiger partial charge in [-0.2, -0.15) is 0 Å². The second-order valence-electron chi connectivity index (χ2n) is 5.61. The van der Waals surface area contributed by atoms with Gasteiger partial charge in [-0.1, -0.05) is 17.7 Å². The molecule has 3 rings (SSSR count). The molecule has 108 valence electrons. The first kappa shape index (κ1) is 13.9. The van der Waals surface area contributed by atoms with Gasteiger partial charge in [0.15, 0.2) is 0 Å². The molecule has 2 aliphatic rings. The molecule has 2 atom stereocenters. The molecule has 4 nitrogen and oxygen atoms in total. The van der Waals surface area contributed by atoms with Gasteiger partial charge in [0.05, 0.1) is 6.04 Å². The zero-order valence-corrected chi connectivity index (χ0v) is 12.1. The van der Waals surface area contributed by atoms with E-state index in [0.717, 1.165) is 38.2 Å². The number of likely N-dealkylation sites (tertiary alicyclic amines) is 1. The summed E-state index contributed by atoms with van der Waals surface area (Å²) < 4.78 is 0. The van der Waals surface area contributed by atoms with Gasteiger partial charge in [-0.25, -0.2) is 0 Å². The van der Waals surface area contributed by atoms with Gasteiger partial charge >= 0.3 is 0 Å². The van der Waals surface area contributed by atoms with Crippen LogP contribution in [-0.4, -0.2) is 48.2 Å². The molecule has 1 aromatic rings. The number of rotatable bonds is 3. The highest BCUT2D eigenvalue weighted by Gasteiger charge is 2.39. The maximum atomic E-state index is 12.6. The Morgan fingerprint density at radius 3 is 2.85 bits per heavy atom. The number of aliphatic hydroxyl groups excluding tert-OH is 1. The number of anilines is 1. The van der Waals surface area contributed by atoms with E-state index in [2.05, 4.69) is 4.90 Å². The number of carbonyl (C=O) groups is 1. The summed E-state index contributed by atoms with van der Waals surface area (Å²) in [4.78, 5) is 16.6. The highest BCUT2D eigenvalue weighted by Crippen LogP contribution is 2.29. The van der Waals surface area contributed by atoms with E-state index in [9.17, 15) is 9.90 Å². The van der Waals surface area contributed by atoms with E-state index >= 15 is 0 Å². The van der Waals surface area contributed by atoms with Gasteiger partial charge in [-0.05, 0) is 43.5 Å². The monoisotopic (exact) mass is 294 g/mol. The van der Waals surface area contributed by atoms with Crippen LogP contribution < -0.4 is 4.90 Å². The third-order valence-electron chi connectivity index (χ3n) is 4.31. The van der Waals surface area contributed by atoms with Crippen molar-refractivity contribution in [3.63, 3.8) is 0 Å². The number of hydrogen-bond acceptors (Lipinski definition) is 3. The molecule has 1 N–H and O–H groups in total. The number of aliphatic hydroxyl groups is 1. The van der Waals surface area contributed by atoms with Gasteiger partial charge < -0.3 is 10.0 Å². The first-order valence-electron chi connectivity index (χ1n) is 7.11. The van der Waals surface area contributed by atoms with Crippen molar-refractivity contribution in [2.45, 2.75) is 18.9 Å². The Kier molecular flexibility index (Phi) is 3.96. The Hall–Kier alpha value is -1.10. The minimum atomic E-state index is -0.0365. The minimum absolute atomic E-state index is 0.0365. The van der Waals surface area contributed by atoms with Gasteiger partial charge in [0.1, 0.15) is 0 Å². The molecule has 0 bridgehead atoms. The fourth-order valence-corrected chi connectivity index (χ4v) is 3.38. The lowest BCUT2D eigenvalue weighted by Gasteiger charge is -2.23. The largest absolute Gasteiger partial charge is 0.396 e. The molecular formula is C15H19ClN2O2. The summed E-state index contributed by atoms with van der Waals surface area (Å²) >= 11 is 6.00. The molecular weight excluding hydrogens is 276 g/mol. The zero-order chi connectivity index (χ0) is 14.1. The van der Waals surface area contributed by atoms with Crippen LogP contribution in [0.15, 0.2) is 24.3 Å². The van der Waals surface area contributed by atoms with E-state index in [0.29, 0.717) is 10.9 Å². The average molecular weight is 295 g/mol. The lowest BCUT2D eigenvalue weighted by molar-refractivity contribution is -0.121. The molecule has 5 heteroatoms. The van der Waals surface area contributed by atoms with Crippen LogP contribution in [0, 0.1) is 5.92 Å². The smallest absolute Gasteiger partial charge is 0.244 e. The summed E-state index contributed by atoms with van der Waals surface area (Å²) in [7, 11) is 0.